The molecular weight excluding hydrogens is 498 g/mol. The first-order chi connectivity index (χ1) is 19.0. The molecule has 1 aliphatic heterocycles. The lowest BCUT2D eigenvalue weighted by molar-refractivity contribution is -0.0884. The predicted octanol–water partition coefficient (Wildman–Crippen LogP) is 3.79. The monoisotopic (exact) mass is 525 g/mol. The summed E-state index contributed by atoms with van der Waals surface area (Å²) in [5, 5.41) is 14.9. The van der Waals surface area contributed by atoms with E-state index in [1.54, 1.807) is 0 Å². The molecule has 0 spiro atoms. The maximum atomic E-state index is 12.5. The van der Waals surface area contributed by atoms with E-state index in [2.05, 4.69) is 15.0 Å². The zero-order valence-electron chi connectivity index (χ0n) is 21.1. The van der Waals surface area contributed by atoms with Crippen LogP contribution in [0.1, 0.15) is 28.5 Å². The summed E-state index contributed by atoms with van der Waals surface area (Å²) in [5.41, 5.74) is 9.77. The number of aliphatic hydroxyl groups is 1. The van der Waals surface area contributed by atoms with Crippen molar-refractivity contribution in [1.29, 1.82) is 0 Å². The van der Waals surface area contributed by atoms with E-state index in [0.29, 0.717) is 0 Å². The normalized spacial score (nSPS) is 20.9. The molecule has 10 nitrogen and oxygen atoms in total. The second kappa shape index (κ2) is 11.1. The van der Waals surface area contributed by atoms with Crippen molar-refractivity contribution in [2.24, 2.45) is 5.11 Å². The van der Waals surface area contributed by atoms with Gasteiger partial charge in [-0.3, -0.25) is 14.3 Å². The Morgan fingerprint density at radius 1 is 0.974 bits per heavy atom. The number of aliphatic hydroxyl groups excluding tert-OH is 1. The van der Waals surface area contributed by atoms with Crippen LogP contribution >= 0.6 is 0 Å². The molecule has 10 heteroatoms. The summed E-state index contributed by atoms with van der Waals surface area (Å²) in [6, 6.07) is 28.1. The summed E-state index contributed by atoms with van der Waals surface area (Å²) in [6.07, 6.45) is -2.16. The zero-order chi connectivity index (χ0) is 27.4. The van der Waals surface area contributed by atoms with Crippen LogP contribution in [0.2, 0.25) is 0 Å². The number of rotatable bonds is 8. The maximum absolute atomic E-state index is 12.5. The number of aromatic nitrogens is 2. The minimum Gasteiger partial charge on any atom is -0.388 e. The third-order valence-corrected chi connectivity index (χ3v) is 6.95. The number of hydrogen-bond donors (Lipinski definition) is 2. The number of nitrogens with one attached hydrogen (secondary N) is 1. The third-order valence-electron chi connectivity index (χ3n) is 6.95. The highest BCUT2D eigenvalue weighted by molar-refractivity contribution is 5.47. The average molecular weight is 526 g/mol. The number of ether oxygens (including phenoxy) is 2. The van der Waals surface area contributed by atoms with Crippen LogP contribution in [0.25, 0.3) is 10.4 Å². The van der Waals surface area contributed by atoms with Crippen LogP contribution in [-0.2, 0) is 15.1 Å². The minimum atomic E-state index is -1.36. The highest BCUT2D eigenvalue weighted by atomic mass is 16.6. The molecule has 0 radical (unpaired) electrons. The van der Waals surface area contributed by atoms with Crippen molar-refractivity contribution in [3.05, 3.63) is 151 Å². The largest absolute Gasteiger partial charge is 0.388 e. The summed E-state index contributed by atoms with van der Waals surface area (Å²) in [5.74, 6) is 0. The average Bonchev–Trinajstić information content (AvgIpc) is 3.27. The molecule has 2 heterocycles. The van der Waals surface area contributed by atoms with E-state index in [0.717, 1.165) is 21.3 Å². The molecular formula is C29H27N5O5. The SMILES string of the molecule is Cc1cn([C@@H]2O[C@H](COC(c3ccccc3)(c3ccccc3)c3ccccc3)[C@@H](N=[N+]=[N-])[C@@H]2O)c(=O)[nH]c1=O. The van der Waals surface area contributed by atoms with E-state index in [1.807, 2.05) is 91.0 Å². The van der Waals surface area contributed by atoms with Gasteiger partial charge < -0.3 is 14.6 Å². The number of benzene rings is 3. The van der Waals surface area contributed by atoms with Crippen LogP contribution in [0.4, 0.5) is 0 Å². The van der Waals surface area contributed by atoms with Gasteiger partial charge in [-0.15, -0.1) is 0 Å². The molecule has 4 atom stereocenters. The second-order valence-electron chi connectivity index (χ2n) is 9.32. The highest BCUT2D eigenvalue weighted by Gasteiger charge is 2.47. The van der Waals surface area contributed by atoms with Crippen molar-refractivity contribution < 1.29 is 14.6 Å². The maximum Gasteiger partial charge on any atom is 0.330 e. The fourth-order valence-electron chi connectivity index (χ4n) is 5.05. The van der Waals surface area contributed by atoms with E-state index >= 15 is 0 Å². The quantitative estimate of drug-likeness (QED) is 0.156. The van der Waals surface area contributed by atoms with Crippen LogP contribution in [0.15, 0.2) is 112 Å². The lowest BCUT2D eigenvalue weighted by Crippen LogP contribution is -2.39. The molecule has 2 N–H and O–H groups in total. The summed E-state index contributed by atoms with van der Waals surface area (Å²) in [4.78, 5) is 29.5. The number of aromatic amines is 1. The Balaban J connectivity index is 1.57. The Morgan fingerprint density at radius 3 is 1.97 bits per heavy atom. The molecule has 4 aromatic rings. The van der Waals surface area contributed by atoms with Gasteiger partial charge in [0, 0.05) is 16.7 Å². The van der Waals surface area contributed by atoms with Gasteiger partial charge in [0.25, 0.3) is 5.56 Å². The van der Waals surface area contributed by atoms with Crippen molar-refractivity contribution in [2.75, 3.05) is 6.61 Å². The zero-order valence-corrected chi connectivity index (χ0v) is 21.1. The summed E-state index contributed by atoms with van der Waals surface area (Å²) < 4.78 is 14.0. The molecule has 0 bridgehead atoms. The van der Waals surface area contributed by atoms with E-state index in [9.17, 15) is 20.2 Å². The summed E-state index contributed by atoms with van der Waals surface area (Å²) in [6.45, 7) is 1.45. The number of azide groups is 1. The van der Waals surface area contributed by atoms with Crippen molar-refractivity contribution in [3.8, 4) is 0 Å². The number of hydrogen-bond acceptors (Lipinski definition) is 6. The van der Waals surface area contributed by atoms with Crippen LogP contribution in [0.5, 0.6) is 0 Å². The standard InChI is InChI=1S/C29H27N5O5/c1-19-17-34(28(37)31-26(19)36)27-25(35)24(32-33-30)23(39-27)18-38-29(20-11-5-2-6-12-20,21-13-7-3-8-14-21)22-15-9-4-10-16-22/h2-17,23-25,27,35H,18H2,1H3,(H,31,36,37)/t23-,24-,25+,27-/m1/s1. The molecule has 198 valence electrons. The Bertz CT molecular complexity index is 1490. The van der Waals surface area contributed by atoms with Crippen LogP contribution in [0.3, 0.4) is 0 Å². The second-order valence-corrected chi connectivity index (χ2v) is 9.32. The smallest absolute Gasteiger partial charge is 0.330 e. The first-order valence-electron chi connectivity index (χ1n) is 12.5. The van der Waals surface area contributed by atoms with Gasteiger partial charge in [-0.05, 0) is 29.1 Å². The Labute approximate surface area is 223 Å². The number of H-pyrrole nitrogens is 1. The van der Waals surface area contributed by atoms with E-state index in [4.69, 9.17) is 9.47 Å². The molecule has 39 heavy (non-hydrogen) atoms. The molecule has 1 saturated heterocycles. The van der Waals surface area contributed by atoms with E-state index < -0.39 is 41.3 Å². The fourth-order valence-corrected chi connectivity index (χ4v) is 5.05. The number of aryl methyl sites for hydroxylation is 1. The van der Waals surface area contributed by atoms with Gasteiger partial charge in [-0.25, -0.2) is 4.79 Å². The van der Waals surface area contributed by atoms with Gasteiger partial charge in [0.1, 0.15) is 11.7 Å². The van der Waals surface area contributed by atoms with Gasteiger partial charge in [-0.1, -0.05) is 96.1 Å². The molecule has 5 rings (SSSR count). The third kappa shape index (κ3) is 4.89. The Hall–Kier alpha value is -4.47. The van der Waals surface area contributed by atoms with Gasteiger partial charge in [0.05, 0.1) is 18.8 Å². The van der Waals surface area contributed by atoms with Gasteiger partial charge in [0.2, 0.25) is 0 Å². The molecule has 0 aliphatic carbocycles. The first-order valence-corrected chi connectivity index (χ1v) is 12.5. The van der Waals surface area contributed by atoms with Crippen molar-refractivity contribution in [2.45, 2.75) is 37.0 Å². The van der Waals surface area contributed by atoms with Gasteiger partial charge in [-0.2, -0.15) is 0 Å². The van der Waals surface area contributed by atoms with Crippen molar-refractivity contribution >= 4 is 0 Å². The van der Waals surface area contributed by atoms with Crippen LogP contribution in [-0.4, -0.2) is 39.5 Å². The lowest BCUT2D eigenvalue weighted by Gasteiger charge is -2.37. The van der Waals surface area contributed by atoms with Crippen LogP contribution < -0.4 is 11.2 Å². The van der Waals surface area contributed by atoms with E-state index in [-0.39, 0.29) is 12.2 Å². The number of nitrogens with zero attached hydrogens (tertiary/aromatic N) is 4. The molecule has 3 aromatic carbocycles. The molecule has 0 saturated carbocycles. The molecule has 1 aliphatic rings. The minimum absolute atomic E-state index is 0.0903. The highest BCUT2D eigenvalue weighted by Crippen LogP contribution is 2.42. The van der Waals surface area contributed by atoms with E-state index in [1.165, 1.54) is 13.1 Å². The fraction of sp³-hybridized carbons (Fsp3) is 0.241. The van der Waals surface area contributed by atoms with Crippen molar-refractivity contribution in [1.82, 2.24) is 9.55 Å². The van der Waals surface area contributed by atoms with Crippen molar-refractivity contribution in [3.63, 3.8) is 0 Å². The Kier molecular flexibility index (Phi) is 7.44. The summed E-state index contributed by atoms with van der Waals surface area (Å²) >= 11 is 0. The van der Waals surface area contributed by atoms with Crippen LogP contribution in [0, 0.1) is 6.92 Å². The topological polar surface area (TPSA) is 142 Å². The molecule has 0 unspecified atom stereocenters. The first kappa shape index (κ1) is 26.1. The van der Waals surface area contributed by atoms with Gasteiger partial charge >= 0.3 is 5.69 Å². The summed E-state index contributed by atoms with van der Waals surface area (Å²) in [7, 11) is 0. The van der Waals surface area contributed by atoms with Gasteiger partial charge in [0.15, 0.2) is 6.23 Å². The Morgan fingerprint density at radius 2 is 1.49 bits per heavy atom. The lowest BCUT2D eigenvalue weighted by atomic mass is 9.80. The molecule has 1 aromatic heterocycles. The predicted molar refractivity (Wildman–Crippen MR) is 144 cm³/mol. The molecule has 1 fully saturated rings. The molecule has 0 amide bonds.